The number of hydrogen-bond acceptors (Lipinski definition) is 20. The molecule has 2 rings (SSSR count). The Balaban J connectivity index is 2.63. The molecule has 2 fully saturated rings. The van der Waals surface area contributed by atoms with Gasteiger partial charge < -0.3 is 63.5 Å². The first-order valence-electron chi connectivity index (χ1n) is 17.1. The maximum atomic E-state index is 13.7. The number of thioether (sulfide) groups is 1. The molecule has 0 spiro atoms. The average molecular weight is 811 g/mol. The second-order valence-corrected chi connectivity index (χ2v) is 13.8. The third kappa shape index (κ3) is 14.6. The average Bonchev–Trinajstić information content (AvgIpc) is 3.07. The summed E-state index contributed by atoms with van der Waals surface area (Å²) in [6.45, 7) is 6.23. The maximum absolute atomic E-state index is 13.7. The standard InChI is InChI=1S/C33H50N2O19S/c1-15(36)34-25-22(50-18(4)39)12-33(32(45)46-8,54-30(25)29(52-20(6)41)24(51-19(5)40)13-48-17(3)38)49-14-23-27(43)28(44)26(35-16(2)37)31(53-23)47-10-9-11-55-21(7)42/h22-31,43-44H,9-14H2,1-8H3,(H,34,36)(H,35,37)/t22-,23+,24+,25+,26+,27-,28+,29+,30+,31-,33+/m0/s1. The first kappa shape index (κ1) is 47.2. The van der Waals surface area contributed by atoms with Crippen LogP contribution in [-0.2, 0) is 81.0 Å². The molecule has 0 saturated carbocycles. The predicted octanol–water partition coefficient (Wildman–Crippen LogP) is -1.84. The molecule has 0 bridgehead atoms. The zero-order chi connectivity index (χ0) is 41.6. The van der Waals surface area contributed by atoms with Crippen molar-refractivity contribution in [1.82, 2.24) is 10.6 Å². The Bertz CT molecular complexity index is 1400. The van der Waals surface area contributed by atoms with Crippen LogP contribution in [0, 0.1) is 0 Å². The van der Waals surface area contributed by atoms with E-state index in [0.29, 0.717) is 12.2 Å². The Hall–Kier alpha value is -3.93. The van der Waals surface area contributed by atoms with Crippen molar-refractivity contribution in [3.63, 3.8) is 0 Å². The van der Waals surface area contributed by atoms with Gasteiger partial charge in [-0.25, -0.2) is 4.79 Å². The summed E-state index contributed by atoms with van der Waals surface area (Å²) >= 11 is 1.05. The van der Waals surface area contributed by atoms with Crippen LogP contribution in [0.5, 0.6) is 0 Å². The first-order chi connectivity index (χ1) is 25.7. The molecule has 21 nitrogen and oxygen atoms in total. The molecule has 0 aromatic rings. The third-order valence-electron chi connectivity index (χ3n) is 7.92. The molecular weight excluding hydrogens is 760 g/mol. The molecule has 2 aliphatic rings. The van der Waals surface area contributed by atoms with Gasteiger partial charge in [0.2, 0.25) is 11.8 Å². The molecule has 22 heteroatoms. The zero-order valence-corrected chi connectivity index (χ0v) is 32.6. The van der Waals surface area contributed by atoms with Gasteiger partial charge in [-0.15, -0.1) is 0 Å². The lowest BCUT2D eigenvalue weighted by atomic mass is 9.87. The molecule has 0 radical (unpaired) electrons. The number of aliphatic hydroxyl groups is 2. The summed E-state index contributed by atoms with van der Waals surface area (Å²) in [6, 6.07) is -2.74. The molecule has 2 saturated heterocycles. The largest absolute Gasteiger partial charge is 0.465 e. The SMILES string of the molecule is COC(=O)[C@@]1(OC[C@H]2O[C@H](OCCCSC(C)=O)[C@H](NC(C)=O)[C@@H](O)[C@H]2O)C[C@H](OC(C)=O)[C@@H](NC(C)=O)[C@H]([C@H](OC(C)=O)[C@@H](COC(C)=O)OC(C)=O)O1. The normalized spacial score (nSPS) is 28.7. The summed E-state index contributed by atoms with van der Waals surface area (Å²) in [5.41, 5.74) is 0. The van der Waals surface area contributed by atoms with Gasteiger partial charge in [0, 0.05) is 54.2 Å². The Labute approximate surface area is 321 Å². The van der Waals surface area contributed by atoms with Crippen molar-refractivity contribution in [3.05, 3.63) is 0 Å². The van der Waals surface area contributed by atoms with Crippen LogP contribution >= 0.6 is 11.8 Å². The molecule has 2 heterocycles. The summed E-state index contributed by atoms with van der Waals surface area (Å²) in [7, 11) is 0.959. The van der Waals surface area contributed by atoms with Crippen LogP contribution in [0.1, 0.15) is 61.3 Å². The monoisotopic (exact) mass is 810 g/mol. The molecule has 0 unspecified atom stereocenters. The van der Waals surface area contributed by atoms with Gasteiger partial charge in [-0.3, -0.25) is 33.6 Å². The van der Waals surface area contributed by atoms with Gasteiger partial charge in [0.15, 0.2) is 23.6 Å². The Kier molecular flexibility index (Phi) is 18.9. The number of esters is 5. The van der Waals surface area contributed by atoms with Crippen molar-refractivity contribution in [2.45, 2.75) is 128 Å². The highest BCUT2D eigenvalue weighted by Gasteiger charge is 2.60. The van der Waals surface area contributed by atoms with Crippen molar-refractivity contribution in [1.29, 1.82) is 0 Å². The van der Waals surface area contributed by atoms with Gasteiger partial charge >= 0.3 is 29.8 Å². The number of rotatable bonds is 18. The maximum Gasteiger partial charge on any atom is 0.366 e. The first-order valence-corrected chi connectivity index (χ1v) is 18.1. The fourth-order valence-corrected chi connectivity index (χ4v) is 6.39. The lowest BCUT2D eigenvalue weighted by Crippen LogP contribution is -2.70. The molecule has 2 aliphatic heterocycles. The third-order valence-corrected chi connectivity index (χ3v) is 8.82. The van der Waals surface area contributed by atoms with E-state index in [-0.39, 0.29) is 11.7 Å². The van der Waals surface area contributed by atoms with Crippen molar-refractivity contribution >= 4 is 58.5 Å². The topological polar surface area (TPSA) is 284 Å². The van der Waals surface area contributed by atoms with Crippen LogP contribution in [0.3, 0.4) is 0 Å². The molecule has 312 valence electrons. The Morgan fingerprint density at radius 2 is 1.45 bits per heavy atom. The lowest BCUT2D eigenvalue weighted by Gasteiger charge is -2.49. The molecule has 0 aromatic carbocycles. The number of nitrogens with one attached hydrogen (secondary N) is 2. The minimum atomic E-state index is -2.64. The van der Waals surface area contributed by atoms with Crippen LogP contribution < -0.4 is 10.6 Å². The van der Waals surface area contributed by atoms with Crippen LogP contribution in [-0.4, -0.2) is 157 Å². The number of methoxy groups -OCH3 is 1. The summed E-state index contributed by atoms with van der Waals surface area (Å²) < 4.78 is 50.3. The quantitative estimate of drug-likeness (QED) is 0.0672. The molecule has 55 heavy (non-hydrogen) atoms. The Morgan fingerprint density at radius 1 is 0.836 bits per heavy atom. The van der Waals surface area contributed by atoms with Crippen LogP contribution in [0.4, 0.5) is 0 Å². The number of ether oxygens (including phenoxy) is 9. The van der Waals surface area contributed by atoms with E-state index in [1.54, 1.807) is 0 Å². The van der Waals surface area contributed by atoms with Gasteiger partial charge in [0.1, 0.15) is 43.2 Å². The van der Waals surface area contributed by atoms with Gasteiger partial charge in [-0.2, -0.15) is 0 Å². The highest BCUT2D eigenvalue weighted by atomic mass is 32.2. The van der Waals surface area contributed by atoms with Crippen LogP contribution in [0.25, 0.3) is 0 Å². The van der Waals surface area contributed by atoms with Crippen LogP contribution in [0.2, 0.25) is 0 Å². The second kappa shape index (κ2) is 22.0. The minimum absolute atomic E-state index is 0.00268. The van der Waals surface area contributed by atoms with Gasteiger partial charge in [0.05, 0.1) is 32.8 Å². The fraction of sp³-hybridized carbons (Fsp3) is 0.758. The summed E-state index contributed by atoms with van der Waals surface area (Å²) in [5.74, 6) is -8.45. The van der Waals surface area contributed by atoms with E-state index >= 15 is 0 Å². The highest BCUT2D eigenvalue weighted by Crippen LogP contribution is 2.38. The molecule has 0 aliphatic carbocycles. The summed E-state index contributed by atoms with van der Waals surface area (Å²) in [5, 5.41) is 27.1. The van der Waals surface area contributed by atoms with E-state index in [2.05, 4.69) is 10.6 Å². The van der Waals surface area contributed by atoms with Crippen molar-refractivity contribution in [3.8, 4) is 0 Å². The number of hydrogen-bond donors (Lipinski definition) is 4. The zero-order valence-electron chi connectivity index (χ0n) is 31.8. The summed E-state index contributed by atoms with van der Waals surface area (Å²) in [4.78, 5) is 98.3. The number of carbonyl (C=O) groups excluding carboxylic acids is 8. The van der Waals surface area contributed by atoms with Crippen LogP contribution in [0.15, 0.2) is 0 Å². The number of amides is 2. The molecular formula is C33H50N2O19S. The highest BCUT2D eigenvalue weighted by molar-refractivity contribution is 8.13. The predicted molar refractivity (Wildman–Crippen MR) is 183 cm³/mol. The lowest BCUT2D eigenvalue weighted by molar-refractivity contribution is -0.332. The number of aliphatic hydroxyl groups excluding tert-OH is 2. The van der Waals surface area contributed by atoms with E-state index < -0.39 is 128 Å². The number of carbonyl (C=O) groups is 8. The molecule has 0 aromatic heterocycles. The van der Waals surface area contributed by atoms with Gasteiger partial charge in [0.25, 0.3) is 5.79 Å². The van der Waals surface area contributed by atoms with E-state index in [9.17, 15) is 48.6 Å². The summed E-state index contributed by atoms with van der Waals surface area (Å²) in [6.07, 6.45) is -13.5. The van der Waals surface area contributed by atoms with E-state index in [0.717, 1.165) is 53.5 Å². The van der Waals surface area contributed by atoms with Crippen molar-refractivity contribution < 1.29 is 91.2 Å². The smallest absolute Gasteiger partial charge is 0.366 e. The Morgan fingerprint density at radius 3 is 1.98 bits per heavy atom. The van der Waals surface area contributed by atoms with Crippen molar-refractivity contribution in [2.24, 2.45) is 0 Å². The van der Waals surface area contributed by atoms with Gasteiger partial charge in [-0.05, 0) is 6.42 Å². The molecule has 2 amide bonds. The molecule has 11 atom stereocenters. The second-order valence-electron chi connectivity index (χ2n) is 12.6. The fourth-order valence-electron chi connectivity index (χ4n) is 5.84. The van der Waals surface area contributed by atoms with E-state index in [4.69, 9.17) is 42.6 Å². The van der Waals surface area contributed by atoms with E-state index in [1.807, 2.05) is 0 Å². The molecule has 4 N–H and O–H groups in total. The minimum Gasteiger partial charge on any atom is -0.465 e. The van der Waals surface area contributed by atoms with Crippen molar-refractivity contribution in [2.75, 3.05) is 32.7 Å². The van der Waals surface area contributed by atoms with E-state index in [1.165, 1.54) is 13.8 Å². The van der Waals surface area contributed by atoms with Gasteiger partial charge in [-0.1, -0.05) is 11.8 Å².